The van der Waals surface area contributed by atoms with Crippen LogP contribution in [0.5, 0.6) is 5.75 Å². The van der Waals surface area contributed by atoms with Gasteiger partial charge in [-0.25, -0.2) is 0 Å². The molecule has 0 amide bonds. The van der Waals surface area contributed by atoms with Gasteiger partial charge in [0, 0.05) is 17.8 Å². The molecular weight excluding hydrogens is 402 g/mol. The average molecular weight is 444 g/mol. The number of benzene rings is 2. The first-order chi connectivity index (χ1) is 16.2. The maximum Gasteiger partial charge on any atom is 0.119 e. The zero-order chi connectivity index (χ0) is 23.3. The molecular formula is C31H41NO. The predicted molar refractivity (Wildman–Crippen MR) is 141 cm³/mol. The molecule has 0 N–H and O–H groups in total. The van der Waals surface area contributed by atoms with Gasteiger partial charge in [0.1, 0.15) is 5.75 Å². The van der Waals surface area contributed by atoms with E-state index >= 15 is 0 Å². The van der Waals surface area contributed by atoms with E-state index in [2.05, 4.69) is 87.6 Å². The number of pyridine rings is 1. The number of nitrogens with zero attached hydrogens (tertiary/aromatic N) is 1. The number of aryl methyl sites for hydroxylation is 1. The van der Waals surface area contributed by atoms with Crippen molar-refractivity contribution in [1.29, 1.82) is 0 Å². The third kappa shape index (κ3) is 8.03. The second-order valence-electron chi connectivity index (χ2n) is 9.17. The van der Waals surface area contributed by atoms with Gasteiger partial charge in [0.05, 0.1) is 6.61 Å². The Morgan fingerprint density at radius 2 is 1.27 bits per heavy atom. The second kappa shape index (κ2) is 13.8. The lowest BCUT2D eigenvalue weighted by atomic mass is 9.92. The molecule has 0 saturated carbocycles. The van der Waals surface area contributed by atoms with Gasteiger partial charge in [0.25, 0.3) is 0 Å². The largest absolute Gasteiger partial charge is 0.494 e. The highest BCUT2D eigenvalue weighted by molar-refractivity contribution is 5.64. The Labute approximate surface area is 201 Å². The topological polar surface area (TPSA) is 22.1 Å². The first kappa shape index (κ1) is 25.0. The van der Waals surface area contributed by atoms with Gasteiger partial charge >= 0.3 is 0 Å². The highest BCUT2D eigenvalue weighted by Crippen LogP contribution is 2.28. The van der Waals surface area contributed by atoms with Gasteiger partial charge in [0.15, 0.2) is 0 Å². The normalized spacial score (nSPS) is 12.0. The zero-order valence-electron chi connectivity index (χ0n) is 20.9. The summed E-state index contributed by atoms with van der Waals surface area (Å²) in [7, 11) is 0. The van der Waals surface area contributed by atoms with Crippen molar-refractivity contribution in [2.24, 2.45) is 0 Å². The Hall–Kier alpha value is -2.61. The Balaban J connectivity index is 1.53. The van der Waals surface area contributed by atoms with Crippen LogP contribution in [0.4, 0.5) is 0 Å². The van der Waals surface area contributed by atoms with E-state index in [0.29, 0.717) is 5.92 Å². The van der Waals surface area contributed by atoms with Crippen molar-refractivity contribution in [1.82, 2.24) is 4.98 Å². The summed E-state index contributed by atoms with van der Waals surface area (Å²) in [4.78, 5) is 4.74. The van der Waals surface area contributed by atoms with E-state index in [-0.39, 0.29) is 0 Å². The molecule has 33 heavy (non-hydrogen) atoms. The number of aromatic nitrogens is 1. The van der Waals surface area contributed by atoms with Gasteiger partial charge in [0.2, 0.25) is 0 Å². The van der Waals surface area contributed by atoms with Crippen LogP contribution >= 0.6 is 0 Å². The Morgan fingerprint density at radius 3 is 1.91 bits per heavy atom. The second-order valence-corrected chi connectivity index (χ2v) is 9.17. The molecule has 0 aliphatic carbocycles. The molecule has 3 aromatic rings. The highest BCUT2D eigenvalue weighted by atomic mass is 16.5. The average Bonchev–Trinajstić information content (AvgIpc) is 2.87. The van der Waals surface area contributed by atoms with Crippen molar-refractivity contribution in [3.8, 4) is 16.9 Å². The molecule has 0 fully saturated rings. The minimum absolute atomic E-state index is 0.337. The minimum Gasteiger partial charge on any atom is -0.494 e. The number of hydrogen-bond donors (Lipinski definition) is 0. The number of rotatable bonds is 14. The van der Waals surface area contributed by atoms with Crippen LogP contribution in [0, 0.1) is 0 Å². The van der Waals surface area contributed by atoms with Crippen molar-refractivity contribution in [2.75, 3.05) is 6.61 Å². The molecule has 0 aliphatic rings. The molecule has 1 heterocycles. The zero-order valence-corrected chi connectivity index (χ0v) is 20.9. The third-order valence-electron chi connectivity index (χ3n) is 6.50. The molecule has 176 valence electrons. The smallest absolute Gasteiger partial charge is 0.119 e. The SMILES string of the molecule is CCCCCCCc1ccc(C(C)c2ccc(-c3ccc(OCCCCC)cc3)cc2)cn1. The van der Waals surface area contributed by atoms with E-state index in [1.165, 1.54) is 72.9 Å². The summed E-state index contributed by atoms with van der Waals surface area (Å²) in [6, 6.07) is 21.9. The molecule has 0 spiro atoms. The Bertz CT molecular complexity index is 913. The highest BCUT2D eigenvalue weighted by Gasteiger charge is 2.10. The van der Waals surface area contributed by atoms with E-state index in [1.54, 1.807) is 0 Å². The summed E-state index contributed by atoms with van der Waals surface area (Å²) in [5.74, 6) is 1.29. The molecule has 2 aromatic carbocycles. The molecule has 2 nitrogen and oxygen atoms in total. The van der Waals surface area contributed by atoms with Gasteiger partial charge in [-0.2, -0.15) is 0 Å². The van der Waals surface area contributed by atoms with Crippen molar-refractivity contribution < 1.29 is 4.74 Å². The van der Waals surface area contributed by atoms with E-state index in [9.17, 15) is 0 Å². The summed E-state index contributed by atoms with van der Waals surface area (Å²) in [6.45, 7) is 7.54. The molecule has 1 unspecified atom stereocenters. The van der Waals surface area contributed by atoms with Crippen molar-refractivity contribution >= 4 is 0 Å². The lowest BCUT2D eigenvalue weighted by Crippen LogP contribution is -1.99. The fourth-order valence-corrected chi connectivity index (χ4v) is 4.19. The molecule has 1 aromatic heterocycles. The number of hydrogen-bond acceptors (Lipinski definition) is 2. The van der Waals surface area contributed by atoms with Gasteiger partial charge in [-0.1, -0.05) is 102 Å². The van der Waals surface area contributed by atoms with E-state index in [0.717, 1.165) is 25.2 Å². The van der Waals surface area contributed by atoms with Crippen molar-refractivity contribution in [3.05, 3.63) is 83.7 Å². The van der Waals surface area contributed by atoms with Crippen molar-refractivity contribution in [2.45, 2.75) is 84.5 Å². The fraction of sp³-hybridized carbons (Fsp3) is 0.452. The van der Waals surface area contributed by atoms with E-state index in [4.69, 9.17) is 9.72 Å². The molecule has 1 atom stereocenters. The maximum atomic E-state index is 5.84. The Kier molecular flexibility index (Phi) is 10.5. The monoisotopic (exact) mass is 443 g/mol. The Morgan fingerprint density at radius 1 is 0.667 bits per heavy atom. The first-order valence-electron chi connectivity index (χ1n) is 13.0. The maximum absolute atomic E-state index is 5.84. The quantitative estimate of drug-likeness (QED) is 0.232. The lowest BCUT2D eigenvalue weighted by Gasteiger charge is -2.14. The van der Waals surface area contributed by atoms with Crippen LogP contribution in [0.1, 0.15) is 94.9 Å². The van der Waals surface area contributed by atoms with Crippen LogP contribution in [0.25, 0.3) is 11.1 Å². The summed E-state index contributed by atoms with van der Waals surface area (Å²) >= 11 is 0. The number of ether oxygens (including phenoxy) is 1. The summed E-state index contributed by atoms with van der Waals surface area (Å²) < 4.78 is 5.84. The molecule has 0 radical (unpaired) electrons. The fourth-order valence-electron chi connectivity index (χ4n) is 4.19. The van der Waals surface area contributed by atoms with Crippen LogP contribution in [0.15, 0.2) is 66.9 Å². The lowest BCUT2D eigenvalue weighted by molar-refractivity contribution is 0.306. The van der Waals surface area contributed by atoms with E-state index < -0.39 is 0 Å². The summed E-state index contributed by atoms with van der Waals surface area (Å²) in [5.41, 5.74) is 6.28. The standard InChI is InChI=1S/C31H41NO/c1-4-6-8-9-10-12-30-20-17-29(24-32-30)25(3)26-13-15-27(16-14-26)28-18-21-31(22-19-28)33-23-11-7-5-2/h13-22,24-25H,4-12,23H2,1-3H3. The molecule has 3 rings (SSSR count). The molecule has 0 aliphatic heterocycles. The third-order valence-corrected chi connectivity index (χ3v) is 6.50. The van der Waals surface area contributed by atoms with Crippen molar-refractivity contribution in [3.63, 3.8) is 0 Å². The number of unbranched alkanes of at least 4 members (excludes halogenated alkanes) is 6. The molecule has 2 heteroatoms. The van der Waals surface area contributed by atoms with E-state index in [1.807, 2.05) is 0 Å². The summed E-state index contributed by atoms with van der Waals surface area (Å²) in [5, 5.41) is 0. The van der Waals surface area contributed by atoms with Gasteiger partial charge in [-0.3, -0.25) is 4.98 Å². The van der Waals surface area contributed by atoms with Crippen LogP contribution in [0.2, 0.25) is 0 Å². The van der Waals surface area contributed by atoms with Crippen LogP contribution in [0.3, 0.4) is 0 Å². The first-order valence-corrected chi connectivity index (χ1v) is 13.0. The predicted octanol–water partition coefficient (Wildman–Crippen LogP) is 8.98. The summed E-state index contributed by atoms with van der Waals surface area (Å²) in [6.07, 6.45) is 13.3. The van der Waals surface area contributed by atoms with Gasteiger partial charge in [-0.15, -0.1) is 0 Å². The van der Waals surface area contributed by atoms with Crippen LogP contribution < -0.4 is 4.74 Å². The minimum atomic E-state index is 0.337. The molecule has 0 bridgehead atoms. The van der Waals surface area contributed by atoms with Gasteiger partial charge < -0.3 is 4.74 Å². The van der Waals surface area contributed by atoms with Gasteiger partial charge in [-0.05, 0) is 59.7 Å². The van der Waals surface area contributed by atoms with Crippen LogP contribution in [-0.4, -0.2) is 11.6 Å². The molecule has 0 saturated heterocycles. The van der Waals surface area contributed by atoms with Crippen LogP contribution in [-0.2, 0) is 6.42 Å².